The van der Waals surface area contributed by atoms with Gasteiger partial charge in [0.25, 0.3) is 0 Å². The quantitative estimate of drug-likeness (QED) is 0.0199. The maximum Gasteiger partial charge on any atom is 0.220 e. The van der Waals surface area contributed by atoms with Gasteiger partial charge in [-0.3, -0.25) is 4.79 Å². The molecule has 12 N–H and O–H groups in total. The van der Waals surface area contributed by atoms with Crippen LogP contribution in [0.4, 0.5) is 0 Å². The summed E-state index contributed by atoms with van der Waals surface area (Å²) in [6.45, 7) is 1.65. The van der Waals surface area contributed by atoms with Crippen LogP contribution in [0.3, 0.4) is 0 Å². The van der Waals surface area contributed by atoms with Crippen LogP contribution >= 0.6 is 0 Å². The Bertz CT molecular complexity index is 2340. The van der Waals surface area contributed by atoms with Crippen molar-refractivity contribution in [1.82, 2.24) is 5.32 Å². The van der Waals surface area contributed by atoms with E-state index in [-0.39, 0.29) is 18.9 Å². The van der Waals surface area contributed by atoms with E-state index in [2.05, 4.69) is 104 Å². The molecule has 3 rings (SSSR count). The van der Waals surface area contributed by atoms with Crippen LogP contribution in [0.15, 0.2) is 97.2 Å². The minimum absolute atomic E-state index is 0.231. The van der Waals surface area contributed by atoms with Gasteiger partial charge in [-0.2, -0.15) is 0 Å². The zero-order valence-corrected chi connectivity index (χ0v) is 68.0. The Hall–Kier alpha value is -3.29. The number of hydrogen-bond donors (Lipinski definition) is 12. The Morgan fingerprint density at radius 3 is 0.991 bits per heavy atom. The van der Waals surface area contributed by atoms with E-state index in [1.807, 2.05) is 6.08 Å². The Morgan fingerprint density at radius 1 is 0.339 bits per heavy atom. The third-order valence-electron chi connectivity index (χ3n) is 21.4. The Balaban J connectivity index is 1.35. The first-order chi connectivity index (χ1) is 53.3. The lowest BCUT2D eigenvalue weighted by molar-refractivity contribution is -0.379. The predicted octanol–water partition coefficient (Wildman–Crippen LogP) is 16.3. The number of nitrogens with one attached hydrogen (secondary N) is 1. The Labute approximate surface area is 660 Å². The molecule has 0 aromatic carbocycles. The van der Waals surface area contributed by atoms with Gasteiger partial charge in [0.05, 0.1) is 38.6 Å². The first-order valence-electron chi connectivity index (χ1n) is 44.0. The molecule has 0 bridgehead atoms. The molecule has 19 nitrogen and oxygen atoms in total. The van der Waals surface area contributed by atoms with Crippen LogP contribution in [-0.4, -0.2) is 193 Å². The molecule has 3 aliphatic rings. The fraction of sp³-hybridized carbons (Fsp3) is 0.811. The number of allylic oxidation sites excluding steroid dienone is 15. The number of rotatable bonds is 70. The number of aliphatic hydroxyl groups excluding tert-OH is 11. The molecule has 0 aliphatic carbocycles. The molecule has 0 spiro atoms. The highest BCUT2D eigenvalue weighted by Gasteiger charge is 2.54. The summed E-state index contributed by atoms with van der Waals surface area (Å²) in [4.78, 5) is 13.5. The average molecular weight is 1540 g/mol. The molecule has 0 radical (unpaired) electrons. The van der Waals surface area contributed by atoms with Crippen molar-refractivity contribution in [2.45, 2.75) is 439 Å². The molecule has 3 aliphatic heterocycles. The number of carbonyl (C=O) groups is 1. The summed E-state index contributed by atoms with van der Waals surface area (Å²) in [6, 6.07) is -0.986. The highest BCUT2D eigenvalue weighted by molar-refractivity contribution is 5.76. The van der Waals surface area contributed by atoms with Crippen LogP contribution in [-0.2, 0) is 33.2 Å². The van der Waals surface area contributed by atoms with Gasteiger partial charge < -0.3 is 89.9 Å². The number of aliphatic hydroxyl groups is 11. The summed E-state index contributed by atoms with van der Waals surface area (Å²) in [7, 11) is 0. The standard InChI is InChI=1S/C90H159NO18/c1-3-5-7-9-11-13-15-17-19-21-23-25-27-29-31-33-35-36-38-39-41-43-45-47-49-51-53-55-57-59-61-63-65-67-74(95)73(91-78(96)68-66-64-62-60-58-56-54-52-50-48-46-44-42-40-37-34-32-30-28-26-24-22-20-18-16-14-12-10-8-6-4-2)72-104-88-84(102)81(99)86(76(70-93)106-88)109-90-85(103)82(100)87(77(71-94)107-90)108-89-83(101)80(98)79(97)75(69-92)105-89/h6,8,12,14,18,20,24,26,30,32,37,40,44,46,65,67,73-77,79-90,92-95,97-103H,3-5,7,9-11,13,15-17,19,21-23,25,27-29,31,33-36,38-39,41-43,45,47-64,66,68-72H2,1-2H3,(H,91,96)/b8-6-,14-12-,20-18-,26-24-,32-30-,40-37-,46-44-,67-65+. The lowest BCUT2D eigenvalue weighted by atomic mass is 9.96. The van der Waals surface area contributed by atoms with Gasteiger partial charge in [-0.1, -0.05) is 349 Å². The van der Waals surface area contributed by atoms with E-state index >= 15 is 0 Å². The molecule has 0 aromatic rings. The molecular weight excluding hydrogens is 1380 g/mol. The van der Waals surface area contributed by atoms with E-state index in [4.69, 9.17) is 28.4 Å². The zero-order chi connectivity index (χ0) is 78.8. The van der Waals surface area contributed by atoms with E-state index in [9.17, 15) is 61.0 Å². The third-order valence-corrected chi connectivity index (χ3v) is 21.4. The van der Waals surface area contributed by atoms with E-state index in [1.165, 1.54) is 205 Å². The highest BCUT2D eigenvalue weighted by Crippen LogP contribution is 2.33. The van der Waals surface area contributed by atoms with Crippen LogP contribution in [0, 0.1) is 0 Å². The molecule has 0 aromatic heterocycles. The summed E-state index contributed by atoms with van der Waals surface area (Å²) in [5, 5.41) is 121. The molecule has 632 valence electrons. The lowest BCUT2D eigenvalue weighted by Gasteiger charge is -2.48. The van der Waals surface area contributed by atoms with Crippen LogP contribution in [0.1, 0.15) is 335 Å². The Morgan fingerprint density at radius 2 is 0.633 bits per heavy atom. The molecule has 3 heterocycles. The van der Waals surface area contributed by atoms with Gasteiger partial charge in [0, 0.05) is 6.42 Å². The van der Waals surface area contributed by atoms with Crippen LogP contribution in [0.25, 0.3) is 0 Å². The predicted molar refractivity (Wildman–Crippen MR) is 438 cm³/mol. The summed E-state index contributed by atoms with van der Waals surface area (Å²) < 4.78 is 34.5. The van der Waals surface area contributed by atoms with Crippen molar-refractivity contribution in [2.75, 3.05) is 26.4 Å². The molecule has 3 fully saturated rings. The van der Waals surface area contributed by atoms with Crippen molar-refractivity contribution in [3.63, 3.8) is 0 Å². The topological polar surface area (TPSA) is 307 Å². The van der Waals surface area contributed by atoms with E-state index < -0.39 is 124 Å². The van der Waals surface area contributed by atoms with Crippen LogP contribution in [0.5, 0.6) is 0 Å². The number of carbonyl (C=O) groups excluding carboxylic acids is 1. The van der Waals surface area contributed by atoms with Gasteiger partial charge in [-0.05, 0) is 77.0 Å². The first-order valence-corrected chi connectivity index (χ1v) is 44.0. The van der Waals surface area contributed by atoms with Crippen LogP contribution in [0.2, 0.25) is 0 Å². The second-order valence-electron chi connectivity index (χ2n) is 31.0. The van der Waals surface area contributed by atoms with E-state index in [0.717, 1.165) is 103 Å². The second kappa shape index (κ2) is 69.1. The van der Waals surface area contributed by atoms with Crippen molar-refractivity contribution in [3.05, 3.63) is 97.2 Å². The first kappa shape index (κ1) is 99.9. The van der Waals surface area contributed by atoms with Gasteiger partial charge >= 0.3 is 0 Å². The maximum absolute atomic E-state index is 13.5. The summed E-state index contributed by atoms with van der Waals surface area (Å²) in [6.07, 6.45) is 68.3. The number of ether oxygens (including phenoxy) is 6. The summed E-state index contributed by atoms with van der Waals surface area (Å²) in [5.74, 6) is -0.282. The highest BCUT2D eigenvalue weighted by atomic mass is 16.8. The smallest absolute Gasteiger partial charge is 0.220 e. The second-order valence-corrected chi connectivity index (χ2v) is 31.0. The van der Waals surface area contributed by atoms with Gasteiger partial charge in [-0.25, -0.2) is 0 Å². The minimum Gasteiger partial charge on any atom is -0.394 e. The third kappa shape index (κ3) is 48.0. The van der Waals surface area contributed by atoms with Gasteiger partial charge in [0.15, 0.2) is 18.9 Å². The number of amides is 1. The van der Waals surface area contributed by atoms with Crippen molar-refractivity contribution in [2.24, 2.45) is 0 Å². The van der Waals surface area contributed by atoms with Crippen molar-refractivity contribution in [1.29, 1.82) is 0 Å². The number of unbranched alkanes of at least 4 members (excludes halogenated alkanes) is 40. The van der Waals surface area contributed by atoms with Gasteiger partial charge in [0.1, 0.15) is 73.2 Å². The number of hydrogen-bond acceptors (Lipinski definition) is 18. The molecule has 17 unspecified atom stereocenters. The molecule has 17 atom stereocenters. The average Bonchev–Trinajstić information content (AvgIpc) is 0.782. The zero-order valence-electron chi connectivity index (χ0n) is 68.0. The molecule has 109 heavy (non-hydrogen) atoms. The summed E-state index contributed by atoms with van der Waals surface area (Å²) in [5.41, 5.74) is 0. The largest absolute Gasteiger partial charge is 0.394 e. The van der Waals surface area contributed by atoms with E-state index in [1.54, 1.807) is 6.08 Å². The molecule has 19 heteroatoms. The minimum atomic E-state index is -1.98. The monoisotopic (exact) mass is 1540 g/mol. The fourth-order valence-corrected chi connectivity index (χ4v) is 14.4. The lowest BCUT2D eigenvalue weighted by Crippen LogP contribution is -2.66. The van der Waals surface area contributed by atoms with Crippen molar-refractivity contribution in [3.8, 4) is 0 Å². The van der Waals surface area contributed by atoms with E-state index in [0.29, 0.717) is 6.42 Å². The molecule has 0 saturated carbocycles. The van der Waals surface area contributed by atoms with Gasteiger partial charge in [-0.15, -0.1) is 0 Å². The molecular formula is C90H159NO18. The van der Waals surface area contributed by atoms with Gasteiger partial charge in [0.2, 0.25) is 5.91 Å². The fourth-order valence-electron chi connectivity index (χ4n) is 14.4. The SMILES string of the molecule is CC/C=C\C/C=C\C/C=C\C/C=C\C/C=C\C/C=C\C/C=C\CCCCCCCCCCCC(=O)NC(COC1OC(CO)C(OC2OC(CO)C(OC3OC(CO)C(O)C(O)C3O)C(O)C2O)C(O)C1O)C(O)/C=C/CCCCCCCCCCCCCCCCCCCCCCCCCCCCCCCCC. The maximum atomic E-state index is 13.5. The molecule has 3 saturated heterocycles. The molecule has 1 amide bonds. The normalized spacial score (nSPS) is 25.8. The van der Waals surface area contributed by atoms with Crippen molar-refractivity contribution < 1.29 is 89.4 Å². The summed E-state index contributed by atoms with van der Waals surface area (Å²) >= 11 is 0. The Kier molecular flexibility index (Phi) is 63.3. The van der Waals surface area contributed by atoms with Crippen LogP contribution < -0.4 is 5.32 Å². The van der Waals surface area contributed by atoms with Crippen molar-refractivity contribution >= 4 is 5.91 Å².